The molecule has 0 amide bonds. The Labute approximate surface area is 158 Å². The topological polar surface area (TPSA) is 77.6 Å². The van der Waals surface area contributed by atoms with Crippen molar-refractivity contribution >= 4 is 33.6 Å². The van der Waals surface area contributed by atoms with Crippen LogP contribution in [0.15, 0.2) is 34.9 Å². The van der Waals surface area contributed by atoms with E-state index in [1.807, 2.05) is 0 Å². The number of aromatic nitrogens is 2. The average Bonchev–Trinajstić information content (AvgIpc) is 3.13. The average molecular weight is 389 g/mol. The molecule has 0 aliphatic rings. The van der Waals surface area contributed by atoms with Crippen molar-refractivity contribution < 1.29 is 23.4 Å². The third kappa shape index (κ3) is 2.85. The first kappa shape index (κ1) is 17.5. The molecule has 0 aliphatic carbocycles. The zero-order valence-electron chi connectivity index (χ0n) is 14.4. The molecule has 0 bridgehead atoms. The van der Waals surface area contributed by atoms with Crippen LogP contribution in [0, 0.1) is 5.82 Å². The second-order valence-electron chi connectivity index (χ2n) is 5.82. The van der Waals surface area contributed by atoms with Crippen molar-refractivity contribution in [1.82, 2.24) is 9.97 Å². The number of halogens is 2. The van der Waals surface area contributed by atoms with E-state index in [0.717, 1.165) is 0 Å². The van der Waals surface area contributed by atoms with E-state index < -0.39 is 5.82 Å². The molecule has 27 heavy (non-hydrogen) atoms. The van der Waals surface area contributed by atoms with Gasteiger partial charge in [-0.05, 0) is 29.8 Å². The van der Waals surface area contributed by atoms with Gasteiger partial charge in [0.1, 0.15) is 10.8 Å². The summed E-state index contributed by atoms with van der Waals surface area (Å²) in [5.74, 6) is 0.103. The van der Waals surface area contributed by atoms with Gasteiger partial charge in [0.2, 0.25) is 5.88 Å². The summed E-state index contributed by atoms with van der Waals surface area (Å²) in [5, 5.41) is 10.0. The standard InChI is InChI=1S/C19H14ClFN2O4/c1-25-14-6-10-5-13(27-19(10)16(20)17(14)21)11-3-9(8-24)4-12-18(11)22-7-15(23-12)26-2/h3-7,24H,8H2,1-2H3. The normalized spacial score (nSPS) is 11.3. The first-order valence-electron chi connectivity index (χ1n) is 7.96. The Kier molecular flexibility index (Phi) is 4.33. The van der Waals surface area contributed by atoms with E-state index in [2.05, 4.69) is 9.97 Å². The monoisotopic (exact) mass is 388 g/mol. The van der Waals surface area contributed by atoms with E-state index in [1.54, 1.807) is 18.2 Å². The predicted molar refractivity (Wildman–Crippen MR) is 98.7 cm³/mol. The van der Waals surface area contributed by atoms with Gasteiger partial charge < -0.3 is 19.0 Å². The summed E-state index contributed by atoms with van der Waals surface area (Å²) in [7, 11) is 2.86. The molecule has 0 radical (unpaired) electrons. The number of methoxy groups -OCH3 is 2. The van der Waals surface area contributed by atoms with Crippen molar-refractivity contribution in [3.63, 3.8) is 0 Å². The van der Waals surface area contributed by atoms with Crippen molar-refractivity contribution in [3.8, 4) is 23.0 Å². The van der Waals surface area contributed by atoms with Crippen LogP contribution in [0.5, 0.6) is 11.6 Å². The Morgan fingerprint density at radius 3 is 2.70 bits per heavy atom. The molecule has 4 rings (SSSR count). The number of hydrogen-bond donors (Lipinski definition) is 1. The number of hydrogen-bond acceptors (Lipinski definition) is 6. The first-order chi connectivity index (χ1) is 13.0. The van der Waals surface area contributed by atoms with Gasteiger partial charge in [-0.15, -0.1) is 0 Å². The molecule has 0 saturated heterocycles. The lowest BCUT2D eigenvalue weighted by Crippen LogP contribution is -1.94. The van der Waals surface area contributed by atoms with Crippen molar-refractivity contribution in [1.29, 1.82) is 0 Å². The minimum absolute atomic E-state index is 0.0262. The molecule has 6 nitrogen and oxygen atoms in total. The Morgan fingerprint density at radius 1 is 1.19 bits per heavy atom. The van der Waals surface area contributed by atoms with Gasteiger partial charge in [-0.2, -0.15) is 0 Å². The highest BCUT2D eigenvalue weighted by Gasteiger charge is 2.19. The number of ether oxygens (including phenoxy) is 2. The zero-order valence-corrected chi connectivity index (χ0v) is 15.2. The molecule has 2 aromatic heterocycles. The van der Waals surface area contributed by atoms with Gasteiger partial charge in [-0.3, -0.25) is 0 Å². The molecule has 2 heterocycles. The summed E-state index contributed by atoms with van der Waals surface area (Å²) in [6.07, 6.45) is 1.49. The molecule has 1 N–H and O–H groups in total. The minimum Gasteiger partial charge on any atom is -0.494 e. The van der Waals surface area contributed by atoms with Gasteiger partial charge in [0.15, 0.2) is 17.1 Å². The van der Waals surface area contributed by atoms with Crippen molar-refractivity contribution in [2.75, 3.05) is 14.2 Å². The lowest BCUT2D eigenvalue weighted by molar-refractivity contribution is 0.282. The third-order valence-corrected chi connectivity index (χ3v) is 4.55. The molecule has 0 unspecified atom stereocenters. The molecule has 138 valence electrons. The van der Waals surface area contributed by atoms with E-state index in [-0.39, 0.29) is 23.0 Å². The summed E-state index contributed by atoms with van der Waals surface area (Å²) in [6, 6.07) is 6.68. The fourth-order valence-corrected chi connectivity index (χ4v) is 3.16. The highest BCUT2D eigenvalue weighted by Crippen LogP contribution is 2.39. The smallest absolute Gasteiger partial charge is 0.232 e. The summed E-state index contributed by atoms with van der Waals surface area (Å²) >= 11 is 6.09. The molecule has 4 aromatic rings. The number of aliphatic hydroxyl groups excluding tert-OH is 1. The van der Waals surface area contributed by atoms with Crippen molar-refractivity contribution in [2.24, 2.45) is 0 Å². The van der Waals surface area contributed by atoms with E-state index in [1.165, 1.54) is 26.5 Å². The lowest BCUT2D eigenvalue weighted by Gasteiger charge is -2.07. The maximum Gasteiger partial charge on any atom is 0.232 e. The molecular formula is C19H14ClFN2O4. The maximum absolute atomic E-state index is 14.2. The van der Waals surface area contributed by atoms with Crippen LogP contribution in [0.1, 0.15) is 5.56 Å². The predicted octanol–water partition coefficient (Wildman–Crippen LogP) is 4.35. The Hall–Kier alpha value is -2.90. The van der Waals surface area contributed by atoms with Crippen LogP contribution in [0.4, 0.5) is 4.39 Å². The molecule has 0 fully saturated rings. The second kappa shape index (κ2) is 6.68. The fraction of sp³-hybridized carbons (Fsp3) is 0.158. The van der Waals surface area contributed by atoms with Crippen LogP contribution in [0.25, 0.3) is 33.3 Å². The number of furan rings is 1. The SMILES string of the molecule is COc1cnc2c(-c3cc4cc(OC)c(F)c(Cl)c4o3)cc(CO)cc2n1. The van der Waals surface area contributed by atoms with Gasteiger partial charge in [0, 0.05) is 10.9 Å². The van der Waals surface area contributed by atoms with Gasteiger partial charge >= 0.3 is 0 Å². The maximum atomic E-state index is 14.2. The lowest BCUT2D eigenvalue weighted by atomic mass is 10.1. The number of rotatable bonds is 4. The molecule has 2 aromatic carbocycles. The van der Waals surface area contributed by atoms with Gasteiger partial charge in [-0.1, -0.05) is 11.6 Å². The van der Waals surface area contributed by atoms with Crippen molar-refractivity contribution in [3.05, 3.63) is 46.9 Å². The van der Waals surface area contributed by atoms with Gasteiger partial charge in [-0.25, -0.2) is 14.4 Å². The van der Waals surface area contributed by atoms with E-state index in [0.29, 0.717) is 39.2 Å². The second-order valence-corrected chi connectivity index (χ2v) is 6.20. The zero-order chi connectivity index (χ0) is 19.1. The molecule has 8 heteroatoms. The third-order valence-electron chi connectivity index (χ3n) is 4.22. The quantitative estimate of drug-likeness (QED) is 0.560. The minimum atomic E-state index is -0.689. The number of nitrogens with zero attached hydrogens (tertiary/aromatic N) is 2. The van der Waals surface area contributed by atoms with Crippen molar-refractivity contribution in [2.45, 2.75) is 6.61 Å². The van der Waals surface area contributed by atoms with Gasteiger partial charge in [0.25, 0.3) is 0 Å². The number of benzene rings is 2. The molecule has 0 spiro atoms. The summed E-state index contributed by atoms with van der Waals surface area (Å²) in [4.78, 5) is 8.74. The fourth-order valence-electron chi connectivity index (χ4n) is 2.92. The Balaban J connectivity index is 2.00. The Morgan fingerprint density at radius 2 is 2.00 bits per heavy atom. The largest absolute Gasteiger partial charge is 0.494 e. The van der Waals surface area contributed by atoms with Crippen LogP contribution >= 0.6 is 11.6 Å². The highest BCUT2D eigenvalue weighted by molar-refractivity contribution is 6.35. The number of aliphatic hydroxyl groups is 1. The number of fused-ring (bicyclic) bond motifs is 2. The molecule has 0 atom stereocenters. The van der Waals surface area contributed by atoms with Crippen LogP contribution in [0.3, 0.4) is 0 Å². The van der Waals surface area contributed by atoms with E-state index in [4.69, 9.17) is 25.5 Å². The molecule has 0 aliphatic heterocycles. The van der Waals surface area contributed by atoms with E-state index >= 15 is 0 Å². The summed E-state index contributed by atoms with van der Waals surface area (Å²) < 4.78 is 30.2. The van der Waals surface area contributed by atoms with Crippen LogP contribution < -0.4 is 9.47 Å². The summed E-state index contributed by atoms with van der Waals surface area (Å²) in [5.41, 5.74) is 2.50. The van der Waals surface area contributed by atoms with Gasteiger partial charge in [0.05, 0.1) is 38.1 Å². The van der Waals surface area contributed by atoms with Crippen LogP contribution in [-0.4, -0.2) is 29.3 Å². The molecular weight excluding hydrogens is 375 g/mol. The highest BCUT2D eigenvalue weighted by atomic mass is 35.5. The van der Waals surface area contributed by atoms with Crippen LogP contribution in [0.2, 0.25) is 5.02 Å². The first-order valence-corrected chi connectivity index (χ1v) is 8.34. The Bertz CT molecular complexity index is 1170. The molecule has 0 saturated carbocycles. The van der Waals surface area contributed by atoms with E-state index in [9.17, 15) is 9.50 Å². The summed E-state index contributed by atoms with van der Waals surface area (Å²) in [6.45, 7) is -0.189. The van der Waals surface area contributed by atoms with Crippen LogP contribution in [-0.2, 0) is 6.61 Å².